The van der Waals surface area contributed by atoms with Gasteiger partial charge in [0.25, 0.3) is 5.91 Å². The van der Waals surface area contributed by atoms with Crippen LogP contribution in [-0.2, 0) is 16.1 Å². The first-order chi connectivity index (χ1) is 11.1. The van der Waals surface area contributed by atoms with Gasteiger partial charge in [0.05, 0.1) is 17.2 Å². The fourth-order valence-electron chi connectivity index (χ4n) is 1.78. The summed E-state index contributed by atoms with van der Waals surface area (Å²) in [6.07, 6.45) is 0. The summed E-state index contributed by atoms with van der Waals surface area (Å²) < 4.78 is 18.4. The van der Waals surface area contributed by atoms with Crippen LogP contribution in [-0.4, -0.2) is 18.4 Å². The fourth-order valence-corrected chi connectivity index (χ4v) is 1.78. The van der Waals surface area contributed by atoms with E-state index in [1.54, 1.807) is 24.3 Å². The molecule has 0 aliphatic rings. The molecule has 2 aromatic carbocycles. The van der Waals surface area contributed by atoms with Crippen LogP contribution in [0.15, 0.2) is 48.5 Å². The van der Waals surface area contributed by atoms with Crippen molar-refractivity contribution < 1.29 is 18.7 Å². The third kappa shape index (κ3) is 4.64. The van der Waals surface area contributed by atoms with Crippen molar-refractivity contribution in [2.75, 3.05) is 6.54 Å². The second-order valence-corrected chi connectivity index (χ2v) is 4.63. The Labute approximate surface area is 132 Å². The molecule has 0 spiro atoms. The van der Waals surface area contributed by atoms with E-state index in [1.807, 2.05) is 6.07 Å². The standard InChI is InChI=1S/C17H13FN2O3/c18-15-4-2-1-3-14(15)17(22)20-10-16(21)23-11-13-7-5-12(9-19)6-8-13/h1-8H,10-11H2,(H,20,22). The van der Waals surface area contributed by atoms with E-state index in [0.29, 0.717) is 5.56 Å². The number of nitrogens with zero attached hydrogens (tertiary/aromatic N) is 1. The number of halogens is 1. The number of hydrogen-bond acceptors (Lipinski definition) is 4. The van der Waals surface area contributed by atoms with Crippen LogP contribution in [0.1, 0.15) is 21.5 Å². The number of carbonyl (C=O) groups excluding carboxylic acids is 2. The van der Waals surface area contributed by atoms with Gasteiger partial charge in [-0.2, -0.15) is 5.26 Å². The van der Waals surface area contributed by atoms with Crippen LogP contribution >= 0.6 is 0 Å². The Kier molecular flexibility index (Phi) is 5.42. The lowest BCUT2D eigenvalue weighted by atomic mass is 10.2. The summed E-state index contributed by atoms with van der Waals surface area (Å²) in [6, 6.07) is 14.0. The van der Waals surface area contributed by atoms with Gasteiger partial charge in [-0.1, -0.05) is 24.3 Å². The first-order valence-corrected chi connectivity index (χ1v) is 6.77. The molecular weight excluding hydrogens is 299 g/mol. The molecule has 2 rings (SSSR count). The molecule has 5 nitrogen and oxygen atoms in total. The van der Waals surface area contributed by atoms with Crippen molar-refractivity contribution in [2.45, 2.75) is 6.61 Å². The zero-order chi connectivity index (χ0) is 16.7. The molecule has 6 heteroatoms. The van der Waals surface area contributed by atoms with E-state index in [0.717, 1.165) is 11.6 Å². The lowest BCUT2D eigenvalue weighted by molar-refractivity contribution is -0.143. The Morgan fingerprint density at radius 3 is 2.48 bits per heavy atom. The number of rotatable bonds is 5. The smallest absolute Gasteiger partial charge is 0.325 e. The molecule has 0 heterocycles. The van der Waals surface area contributed by atoms with E-state index in [4.69, 9.17) is 10.00 Å². The summed E-state index contributed by atoms with van der Waals surface area (Å²) in [5.74, 6) is -1.98. The maximum Gasteiger partial charge on any atom is 0.325 e. The molecule has 23 heavy (non-hydrogen) atoms. The third-order valence-electron chi connectivity index (χ3n) is 2.99. The highest BCUT2D eigenvalue weighted by atomic mass is 19.1. The largest absolute Gasteiger partial charge is 0.460 e. The van der Waals surface area contributed by atoms with Crippen LogP contribution in [0.3, 0.4) is 0 Å². The summed E-state index contributed by atoms with van der Waals surface area (Å²) in [7, 11) is 0. The molecule has 0 bridgehead atoms. The van der Waals surface area contributed by atoms with Gasteiger partial charge in [0, 0.05) is 0 Å². The third-order valence-corrected chi connectivity index (χ3v) is 2.99. The van der Waals surface area contributed by atoms with Crippen LogP contribution in [0.25, 0.3) is 0 Å². The van der Waals surface area contributed by atoms with Crippen molar-refractivity contribution in [2.24, 2.45) is 0 Å². The van der Waals surface area contributed by atoms with Crippen LogP contribution in [0.2, 0.25) is 0 Å². The number of esters is 1. The normalized spacial score (nSPS) is 9.74. The van der Waals surface area contributed by atoms with Crippen LogP contribution < -0.4 is 5.32 Å². The lowest BCUT2D eigenvalue weighted by Crippen LogP contribution is -2.31. The van der Waals surface area contributed by atoms with Gasteiger partial charge in [-0.3, -0.25) is 9.59 Å². The molecule has 1 N–H and O–H groups in total. The fraction of sp³-hybridized carbons (Fsp3) is 0.118. The highest BCUT2D eigenvalue weighted by molar-refractivity contribution is 5.96. The van der Waals surface area contributed by atoms with E-state index in [1.165, 1.54) is 18.2 Å². The van der Waals surface area contributed by atoms with E-state index >= 15 is 0 Å². The van der Waals surface area contributed by atoms with Crippen molar-refractivity contribution in [3.63, 3.8) is 0 Å². The van der Waals surface area contributed by atoms with Gasteiger partial charge in [0.15, 0.2) is 0 Å². The van der Waals surface area contributed by atoms with Gasteiger partial charge < -0.3 is 10.1 Å². The number of ether oxygens (including phenoxy) is 1. The molecule has 0 fully saturated rings. The second-order valence-electron chi connectivity index (χ2n) is 4.63. The predicted molar refractivity (Wildman–Crippen MR) is 79.7 cm³/mol. The Morgan fingerprint density at radius 2 is 1.83 bits per heavy atom. The predicted octanol–water partition coefficient (Wildman–Crippen LogP) is 2.17. The molecule has 116 valence electrons. The maximum absolute atomic E-state index is 13.4. The van der Waals surface area contributed by atoms with Crippen molar-refractivity contribution in [3.8, 4) is 6.07 Å². The molecule has 1 amide bonds. The monoisotopic (exact) mass is 312 g/mol. The number of hydrogen-bond donors (Lipinski definition) is 1. The van der Waals surface area contributed by atoms with E-state index in [2.05, 4.69) is 5.32 Å². The summed E-state index contributed by atoms with van der Waals surface area (Å²) in [6.45, 7) is -0.330. The SMILES string of the molecule is N#Cc1ccc(COC(=O)CNC(=O)c2ccccc2F)cc1. The zero-order valence-corrected chi connectivity index (χ0v) is 12.1. The topological polar surface area (TPSA) is 79.2 Å². The number of benzene rings is 2. The van der Waals surface area contributed by atoms with Crippen molar-refractivity contribution in [3.05, 3.63) is 71.0 Å². The second kappa shape index (κ2) is 7.71. The lowest BCUT2D eigenvalue weighted by Gasteiger charge is -2.07. The Hall–Kier alpha value is -3.20. The minimum atomic E-state index is -0.682. The Morgan fingerprint density at radius 1 is 1.13 bits per heavy atom. The van der Waals surface area contributed by atoms with Crippen molar-refractivity contribution in [1.82, 2.24) is 5.32 Å². The van der Waals surface area contributed by atoms with E-state index < -0.39 is 17.7 Å². The highest BCUT2D eigenvalue weighted by Crippen LogP contribution is 2.06. The minimum absolute atomic E-state index is 0.0279. The molecule has 0 saturated carbocycles. The summed E-state index contributed by atoms with van der Waals surface area (Å²) in [4.78, 5) is 23.3. The summed E-state index contributed by atoms with van der Waals surface area (Å²) in [5, 5.41) is 11.0. The molecule has 0 saturated heterocycles. The summed E-state index contributed by atoms with van der Waals surface area (Å²) in [5.41, 5.74) is 1.10. The Balaban J connectivity index is 1.80. The van der Waals surface area contributed by atoms with Gasteiger partial charge in [-0.15, -0.1) is 0 Å². The van der Waals surface area contributed by atoms with Crippen molar-refractivity contribution >= 4 is 11.9 Å². The highest BCUT2D eigenvalue weighted by Gasteiger charge is 2.12. The number of amides is 1. The van der Waals surface area contributed by atoms with E-state index in [9.17, 15) is 14.0 Å². The van der Waals surface area contributed by atoms with Crippen LogP contribution in [0.5, 0.6) is 0 Å². The molecule has 0 radical (unpaired) electrons. The van der Waals surface area contributed by atoms with Crippen LogP contribution in [0, 0.1) is 17.1 Å². The molecular formula is C17H13FN2O3. The van der Waals surface area contributed by atoms with Gasteiger partial charge >= 0.3 is 5.97 Å². The number of nitriles is 1. The minimum Gasteiger partial charge on any atom is -0.460 e. The van der Waals surface area contributed by atoms with Gasteiger partial charge in [0.1, 0.15) is 19.0 Å². The molecule has 0 aliphatic carbocycles. The molecule has 2 aromatic rings. The number of carbonyl (C=O) groups is 2. The maximum atomic E-state index is 13.4. The van der Waals surface area contributed by atoms with E-state index in [-0.39, 0.29) is 18.7 Å². The summed E-state index contributed by atoms with van der Waals surface area (Å²) >= 11 is 0. The van der Waals surface area contributed by atoms with Gasteiger partial charge in [-0.05, 0) is 29.8 Å². The number of nitrogens with one attached hydrogen (secondary N) is 1. The quantitative estimate of drug-likeness (QED) is 0.858. The van der Waals surface area contributed by atoms with Crippen LogP contribution in [0.4, 0.5) is 4.39 Å². The van der Waals surface area contributed by atoms with Crippen molar-refractivity contribution in [1.29, 1.82) is 5.26 Å². The Bertz CT molecular complexity index is 751. The molecule has 0 atom stereocenters. The first kappa shape index (κ1) is 16.2. The molecule has 0 aromatic heterocycles. The zero-order valence-electron chi connectivity index (χ0n) is 12.1. The average molecular weight is 312 g/mol. The molecule has 0 unspecified atom stereocenters. The average Bonchev–Trinajstić information content (AvgIpc) is 2.58. The first-order valence-electron chi connectivity index (χ1n) is 6.77. The van der Waals surface area contributed by atoms with Gasteiger partial charge in [0.2, 0.25) is 0 Å². The van der Waals surface area contributed by atoms with Gasteiger partial charge in [-0.25, -0.2) is 4.39 Å². The molecule has 0 aliphatic heterocycles.